The molecule has 0 amide bonds. The molecular weight excluding hydrogens is 160 g/mol. The van der Waals surface area contributed by atoms with E-state index >= 15 is 0 Å². The number of hydrogen-bond donors (Lipinski definition) is 4. The van der Waals surface area contributed by atoms with Crippen LogP contribution in [0.3, 0.4) is 0 Å². The van der Waals surface area contributed by atoms with Gasteiger partial charge in [0, 0.05) is 0 Å². The molecule has 0 bridgehead atoms. The molecule has 0 spiro atoms. The van der Waals surface area contributed by atoms with E-state index in [1.807, 2.05) is 0 Å². The summed E-state index contributed by atoms with van der Waals surface area (Å²) in [6, 6.07) is 0. The van der Waals surface area contributed by atoms with Gasteiger partial charge in [-0.15, -0.1) is 0 Å². The number of aliphatic hydroxyl groups excluding tert-OH is 4. The van der Waals surface area contributed by atoms with Gasteiger partial charge in [0.1, 0.15) is 12.2 Å². The molecule has 4 heteroatoms. The van der Waals surface area contributed by atoms with Crippen LogP contribution in [0.1, 0.15) is 19.8 Å². The van der Waals surface area contributed by atoms with E-state index < -0.39 is 24.4 Å². The van der Waals surface area contributed by atoms with Crippen molar-refractivity contribution in [3.63, 3.8) is 0 Å². The standard InChI is InChI=1S/C8H16O4/c1-4-2-3-5(9)7(11)8(12)6(4)10/h4-12H,2-3H2,1H3/t4?,5-,6+,7?,8?/m1/s1. The van der Waals surface area contributed by atoms with Gasteiger partial charge in [0.05, 0.1) is 12.2 Å². The first-order chi connectivity index (χ1) is 5.54. The van der Waals surface area contributed by atoms with Crippen molar-refractivity contribution in [2.45, 2.75) is 44.2 Å². The van der Waals surface area contributed by atoms with E-state index in [0.717, 1.165) is 0 Å². The summed E-state index contributed by atoms with van der Waals surface area (Å²) in [6.07, 6.45) is -3.24. The van der Waals surface area contributed by atoms with Gasteiger partial charge in [-0.1, -0.05) is 6.92 Å². The largest absolute Gasteiger partial charge is 0.390 e. The molecule has 0 heterocycles. The van der Waals surface area contributed by atoms with Crippen LogP contribution in [-0.4, -0.2) is 44.8 Å². The fraction of sp³-hybridized carbons (Fsp3) is 1.00. The topological polar surface area (TPSA) is 80.9 Å². The second-order valence-electron chi connectivity index (χ2n) is 3.59. The van der Waals surface area contributed by atoms with E-state index in [4.69, 9.17) is 0 Å². The van der Waals surface area contributed by atoms with E-state index in [1.54, 1.807) is 6.92 Å². The van der Waals surface area contributed by atoms with Crippen LogP contribution in [0.2, 0.25) is 0 Å². The number of rotatable bonds is 0. The molecule has 3 unspecified atom stereocenters. The molecule has 4 N–H and O–H groups in total. The van der Waals surface area contributed by atoms with Crippen LogP contribution >= 0.6 is 0 Å². The number of aliphatic hydroxyl groups is 4. The molecule has 0 radical (unpaired) electrons. The fourth-order valence-electron chi connectivity index (χ4n) is 1.54. The van der Waals surface area contributed by atoms with Crippen LogP contribution in [0.15, 0.2) is 0 Å². The van der Waals surface area contributed by atoms with Crippen LogP contribution in [0, 0.1) is 5.92 Å². The van der Waals surface area contributed by atoms with Crippen LogP contribution in [-0.2, 0) is 0 Å². The van der Waals surface area contributed by atoms with Gasteiger partial charge in [0.15, 0.2) is 0 Å². The van der Waals surface area contributed by atoms with Gasteiger partial charge in [-0.2, -0.15) is 0 Å². The molecule has 0 aromatic carbocycles. The molecule has 1 fully saturated rings. The molecule has 1 aliphatic rings. The Morgan fingerprint density at radius 1 is 0.833 bits per heavy atom. The third kappa shape index (κ3) is 1.77. The summed E-state index contributed by atoms with van der Waals surface area (Å²) < 4.78 is 0. The van der Waals surface area contributed by atoms with E-state index in [9.17, 15) is 20.4 Å². The normalized spacial score (nSPS) is 50.2. The summed E-state index contributed by atoms with van der Waals surface area (Å²) in [5.74, 6) is -0.0770. The third-order valence-corrected chi connectivity index (χ3v) is 2.59. The lowest BCUT2D eigenvalue weighted by Crippen LogP contribution is -2.43. The summed E-state index contributed by atoms with van der Waals surface area (Å²) >= 11 is 0. The summed E-state index contributed by atoms with van der Waals surface area (Å²) in [5.41, 5.74) is 0. The Labute approximate surface area is 71.5 Å². The van der Waals surface area contributed by atoms with Crippen molar-refractivity contribution in [2.75, 3.05) is 0 Å². The summed E-state index contributed by atoms with van der Waals surface area (Å²) in [4.78, 5) is 0. The lowest BCUT2D eigenvalue weighted by molar-refractivity contribution is -0.102. The van der Waals surface area contributed by atoms with Gasteiger partial charge in [0.25, 0.3) is 0 Å². The Morgan fingerprint density at radius 3 is 2.00 bits per heavy atom. The van der Waals surface area contributed by atoms with Crippen molar-refractivity contribution >= 4 is 0 Å². The van der Waals surface area contributed by atoms with Crippen LogP contribution in [0.25, 0.3) is 0 Å². The minimum Gasteiger partial charge on any atom is -0.390 e. The average molecular weight is 176 g/mol. The Kier molecular flexibility index (Phi) is 3.06. The molecule has 5 atom stereocenters. The maximum absolute atomic E-state index is 9.39. The first-order valence-corrected chi connectivity index (χ1v) is 4.26. The van der Waals surface area contributed by atoms with Gasteiger partial charge in [-0.05, 0) is 18.8 Å². The highest BCUT2D eigenvalue weighted by Crippen LogP contribution is 2.23. The molecule has 4 nitrogen and oxygen atoms in total. The molecule has 0 aromatic heterocycles. The molecule has 1 aliphatic carbocycles. The SMILES string of the molecule is CC1CC[C@@H](O)C(O)C(O)[C@H]1O. The maximum Gasteiger partial charge on any atom is 0.108 e. The fourth-order valence-corrected chi connectivity index (χ4v) is 1.54. The average Bonchev–Trinajstić information content (AvgIpc) is 2.14. The van der Waals surface area contributed by atoms with Gasteiger partial charge in [-0.25, -0.2) is 0 Å². The monoisotopic (exact) mass is 176 g/mol. The van der Waals surface area contributed by atoms with Crippen molar-refractivity contribution < 1.29 is 20.4 Å². The molecule has 0 aliphatic heterocycles. The smallest absolute Gasteiger partial charge is 0.108 e. The van der Waals surface area contributed by atoms with Crippen LogP contribution in [0.5, 0.6) is 0 Å². The maximum atomic E-state index is 9.39. The molecule has 72 valence electrons. The van der Waals surface area contributed by atoms with Gasteiger partial charge in [0.2, 0.25) is 0 Å². The van der Waals surface area contributed by atoms with Gasteiger partial charge >= 0.3 is 0 Å². The lowest BCUT2D eigenvalue weighted by Gasteiger charge is -2.24. The molecule has 0 saturated heterocycles. The molecule has 1 saturated carbocycles. The highest BCUT2D eigenvalue weighted by molar-refractivity contribution is 4.87. The predicted molar refractivity (Wildman–Crippen MR) is 42.4 cm³/mol. The van der Waals surface area contributed by atoms with Crippen LogP contribution < -0.4 is 0 Å². The second-order valence-corrected chi connectivity index (χ2v) is 3.59. The Morgan fingerprint density at radius 2 is 1.42 bits per heavy atom. The molecule has 12 heavy (non-hydrogen) atoms. The van der Waals surface area contributed by atoms with Crippen molar-refractivity contribution in [3.8, 4) is 0 Å². The molecule has 1 rings (SSSR count). The first-order valence-electron chi connectivity index (χ1n) is 4.26. The summed E-state index contributed by atoms with van der Waals surface area (Å²) in [5, 5.41) is 37.2. The third-order valence-electron chi connectivity index (χ3n) is 2.59. The second kappa shape index (κ2) is 3.70. The quantitative estimate of drug-likeness (QED) is 0.352. The van der Waals surface area contributed by atoms with E-state index in [1.165, 1.54) is 0 Å². The van der Waals surface area contributed by atoms with E-state index in [0.29, 0.717) is 12.8 Å². The molecular formula is C8H16O4. The van der Waals surface area contributed by atoms with E-state index in [-0.39, 0.29) is 5.92 Å². The highest BCUT2D eigenvalue weighted by atomic mass is 16.4. The Balaban J connectivity index is 2.68. The Hall–Kier alpha value is -0.160. The summed E-state index contributed by atoms with van der Waals surface area (Å²) in [7, 11) is 0. The van der Waals surface area contributed by atoms with Gasteiger partial charge in [-0.3, -0.25) is 0 Å². The van der Waals surface area contributed by atoms with Crippen molar-refractivity contribution in [3.05, 3.63) is 0 Å². The van der Waals surface area contributed by atoms with Crippen molar-refractivity contribution in [1.29, 1.82) is 0 Å². The minimum absolute atomic E-state index is 0.0770. The first kappa shape index (κ1) is 9.92. The van der Waals surface area contributed by atoms with Crippen molar-refractivity contribution in [1.82, 2.24) is 0 Å². The zero-order valence-corrected chi connectivity index (χ0v) is 7.09. The molecule has 0 aromatic rings. The minimum atomic E-state index is -1.22. The highest BCUT2D eigenvalue weighted by Gasteiger charge is 2.36. The lowest BCUT2D eigenvalue weighted by atomic mass is 9.98. The van der Waals surface area contributed by atoms with Crippen LogP contribution in [0.4, 0.5) is 0 Å². The zero-order chi connectivity index (χ0) is 9.30. The number of hydrogen-bond acceptors (Lipinski definition) is 4. The van der Waals surface area contributed by atoms with Crippen molar-refractivity contribution in [2.24, 2.45) is 5.92 Å². The zero-order valence-electron chi connectivity index (χ0n) is 7.09. The van der Waals surface area contributed by atoms with E-state index in [2.05, 4.69) is 0 Å². The predicted octanol–water partition coefficient (Wildman–Crippen LogP) is -1.14. The Bertz CT molecular complexity index is 134. The van der Waals surface area contributed by atoms with Gasteiger partial charge < -0.3 is 20.4 Å². The summed E-state index contributed by atoms with van der Waals surface area (Å²) in [6.45, 7) is 1.79.